The Labute approximate surface area is 129 Å². The Hall–Kier alpha value is -1.83. The predicted octanol–water partition coefficient (Wildman–Crippen LogP) is 4.53. The first-order valence-electron chi connectivity index (χ1n) is 5.92. The van der Waals surface area contributed by atoms with Crippen LogP contribution in [-0.4, -0.2) is 9.55 Å². The second kappa shape index (κ2) is 4.93. The molecular weight excluding hydrogens is 338 g/mol. The number of nitrogens with zero attached hydrogens (tertiary/aromatic N) is 3. The smallest absolute Gasteiger partial charge is 0.142 e. The molecule has 0 aliphatic rings. The number of rotatable bonds is 1. The third-order valence-corrected chi connectivity index (χ3v) is 4.00. The second-order valence-corrected chi connectivity index (χ2v) is 5.76. The van der Waals surface area contributed by atoms with E-state index >= 15 is 0 Å². The zero-order valence-corrected chi connectivity index (χ0v) is 12.9. The number of hydrogen-bond donors (Lipinski definition) is 0. The largest absolute Gasteiger partial charge is 0.327 e. The Kier molecular flexibility index (Phi) is 3.25. The van der Waals surface area contributed by atoms with E-state index in [1.165, 1.54) is 0 Å². The molecule has 3 rings (SSSR count). The summed E-state index contributed by atoms with van der Waals surface area (Å²) in [5, 5.41) is 9.60. The van der Waals surface area contributed by atoms with Gasteiger partial charge in [-0.05, 0) is 36.4 Å². The maximum absolute atomic E-state index is 8.96. The van der Waals surface area contributed by atoms with Gasteiger partial charge in [0, 0.05) is 17.1 Å². The average Bonchev–Trinajstić information content (AvgIpc) is 2.78. The number of hydrogen-bond acceptors (Lipinski definition) is 2. The van der Waals surface area contributed by atoms with Crippen LogP contribution in [0.3, 0.4) is 0 Å². The molecule has 3 nitrogen and oxygen atoms in total. The van der Waals surface area contributed by atoms with Gasteiger partial charge in [0.1, 0.15) is 5.82 Å². The van der Waals surface area contributed by atoms with Crippen LogP contribution in [0.15, 0.2) is 40.9 Å². The van der Waals surface area contributed by atoms with Crippen molar-refractivity contribution in [2.24, 2.45) is 7.05 Å². The van der Waals surface area contributed by atoms with Crippen molar-refractivity contribution in [3.05, 3.63) is 51.5 Å². The highest BCUT2D eigenvalue weighted by Crippen LogP contribution is 2.32. The lowest BCUT2D eigenvalue weighted by molar-refractivity contribution is 0.959. The molecule has 0 fully saturated rings. The fraction of sp³-hybridized carbons (Fsp3) is 0.0667. The zero-order chi connectivity index (χ0) is 14.3. The van der Waals surface area contributed by atoms with E-state index in [1.807, 2.05) is 35.9 Å². The van der Waals surface area contributed by atoms with Gasteiger partial charge in [0.2, 0.25) is 0 Å². The molecule has 0 unspecified atom stereocenters. The van der Waals surface area contributed by atoms with E-state index in [1.54, 1.807) is 12.1 Å². The zero-order valence-electron chi connectivity index (χ0n) is 10.6. The van der Waals surface area contributed by atoms with Crippen molar-refractivity contribution in [1.82, 2.24) is 9.55 Å². The number of halogens is 2. The SMILES string of the molecule is Cn1c(-c2cc(Br)ccc2Cl)nc2cc(C#N)ccc21. The third-order valence-electron chi connectivity index (χ3n) is 3.18. The number of imidazole rings is 1. The van der Waals surface area contributed by atoms with Gasteiger partial charge in [0.05, 0.1) is 27.7 Å². The normalized spacial score (nSPS) is 10.7. The van der Waals surface area contributed by atoms with E-state index < -0.39 is 0 Å². The van der Waals surface area contributed by atoms with Crippen LogP contribution in [0.1, 0.15) is 5.56 Å². The van der Waals surface area contributed by atoms with Crippen molar-refractivity contribution in [3.63, 3.8) is 0 Å². The molecule has 98 valence electrons. The van der Waals surface area contributed by atoms with Gasteiger partial charge in [-0.1, -0.05) is 27.5 Å². The van der Waals surface area contributed by atoms with Gasteiger partial charge in [-0.2, -0.15) is 5.26 Å². The van der Waals surface area contributed by atoms with E-state index in [0.29, 0.717) is 10.6 Å². The van der Waals surface area contributed by atoms with Gasteiger partial charge in [-0.3, -0.25) is 0 Å². The third kappa shape index (κ3) is 2.09. The van der Waals surface area contributed by atoms with Crippen LogP contribution in [0, 0.1) is 11.3 Å². The first-order chi connectivity index (χ1) is 9.60. The first kappa shape index (κ1) is 13.2. The molecule has 0 spiro atoms. The molecule has 20 heavy (non-hydrogen) atoms. The molecular formula is C15H9BrClN3. The highest BCUT2D eigenvalue weighted by Gasteiger charge is 2.13. The number of aryl methyl sites for hydroxylation is 1. The minimum Gasteiger partial charge on any atom is -0.327 e. The Morgan fingerprint density at radius 3 is 2.80 bits per heavy atom. The van der Waals surface area contributed by atoms with E-state index in [9.17, 15) is 0 Å². The summed E-state index contributed by atoms with van der Waals surface area (Å²) in [6.45, 7) is 0. The molecule has 1 aromatic heterocycles. The van der Waals surface area contributed by atoms with Crippen LogP contribution in [0.25, 0.3) is 22.4 Å². The number of nitriles is 1. The van der Waals surface area contributed by atoms with Gasteiger partial charge in [0.25, 0.3) is 0 Å². The lowest BCUT2D eigenvalue weighted by Gasteiger charge is -2.05. The molecule has 0 amide bonds. The molecule has 0 atom stereocenters. The summed E-state index contributed by atoms with van der Waals surface area (Å²) in [5.41, 5.74) is 3.22. The highest BCUT2D eigenvalue weighted by molar-refractivity contribution is 9.10. The van der Waals surface area contributed by atoms with Gasteiger partial charge in [0.15, 0.2) is 0 Å². The average molecular weight is 347 g/mol. The topological polar surface area (TPSA) is 41.6 Å². The lowest BCUT2D eigenvalue weighted by atomic mass is 10.2. The van der Waals surface area contributed by atoms with E-state index in [4.69, 9.17) is 16.9 Å². The van der Waals surface area contributed by atoms with E-state index in [-0.39, 0.29) is 0 Å². The molecule has 0 bridgehead atoms. The molecule has 5 heteroatoms. The van der Waals surface area contributed by atoms with Crippen LogP contribution in [0.2, 0.25) is 5.02 Å². The van der Waals surface area contributed by atoms with Gasteiger partial charge < -0.3 is 4.57 Å². The summed E-state index contributed by atoms with van der Waals surface area (Å²) in [5.74, 6) is 0.779. The molecule has 0 saturated heterocycles. The molecule has 2 aromatic carbocycles. The van der Waals surface area contributed by atoms with Crippen molar-refractivity contribution in [1.29, 1.82) is 5.26 Å². The Morgan fingerprint density at radius 1 is 1.25 bits per heavy atom. The van der Waals surface area contributed by atoms with Crippen molar-refractivity contribution in [3.8, 4) is 17.5 Å². The first-order valence-corrected chi connectivity index (χ1v) is 7.09. The van der Waals surface area contributed by atoms with Crippen LogP contribution in [0.4, 0.5) is 0 Å². The summed E-state index contributed by atoms with van der Waals surface area (Å²) in [7, 11) is 1.94. The molecule has 0 radical (unpaired) electrons. The van der Waals surface area contributed by atoms with E-state index in [2.05, 4.69) is 27.0 Å². The number of benzene rings is 2. The van der Waals surface area contributed by atoms with Crippen LogP contribution in [0.5, 0.6) is 0 Å². The van der Waals surface area contributed by atoms with Crippen molar-refractivity contribution < 1.29 is 0 Å². The molecule has 0 aliphatic heterocycles. The second-order valence-electron chi connectivity index (χ2n) is 4.43. The standard InChI is InChI=1S/C15H9BrClN3/c1-20-14-5-2-9(8-18)6-13(14)19-15(20)11-7-10(16)3-4-12(11)17/h2-7H,1H3. The molecule has 3 aromatic rings. The minimum atomic E-state index is 0.600. The van der Waals surface area contributed by atoms with E-state index in [0.717, 1.165) is 26.9 Å². The maximum atomic E-state index is 8.96. The monoisotopic (exact) mass is 345 g/mol. The summed E-state index contributed by atoms with van der Waals surface area (Å²) < 4.78 is 2.92. The summed E-state index contributed by atoms with van der Waals surface area (Å²) >= 11 is 9.71. The summed E-state index contributed by atoms with van der Waals surface area (Å²) in [6, 6.07) is 13.3. The van der Waals surface area contributed by atoms with Gasteiger partial charge >= 0.3 is 0 Å². The van der Waals surface area contributed by atoms with Crippen molar-refractivity contribution >= 4 is 38.6 Å². The number of fused-ring (bicyclic) bond motifs is 1. The number of aromatic nitrogens is 2. The Morgan fingerprint density at radius 2 is 2.05 bits per heavy atom. The predicted molar refractivity (Wildman–Crippen MR) is 83.6 cm³/mol. The van der Waals surface area contributed by atoms with Gasteiger partial charge in [-0.25, -0.2) is 4.98 Å². The fourth-order valence-electron chi connectivity index (χ4n) is 2.18. The Bertz CT molecular complexity index is 861. The van der Waals surface area contributed by atoms with Crippen LogP contribution in [-0.2, 0) is 7.05 Å². The van der Waals surface area contributed by atoms with Crippen LogP contribution >= 0.6 is 27.5 Å². The van der Waals surface area contributed by atoms with Crippen molar-refractivity contribution in [2.45, 2.75) is 0 Å². The molecule has 1 heterocycles. The lowest BCUT2D eigenvalue weighted by Crippen LogP contribution is -1.93. The summed E-state index contributed by atoms with van der Waals surface area (Å²) in [4.78, 5) is 4.60. The quantitative estimate of drug-likeness (QED) is 0.649. The van der Waals surface area contributed by atoms with Crippen LogP contribution < -0.4 is 0 Å². The molecule has 0 saturated carbocycles. The molecule has 0 aliphatic carbocycles. The maximum Gasteiger partial charge on any atom is 0.142 e. The Balaban J connectivity index is 2.29. The minimum absolute atomic E-state index is 0.600. The highest BCUT2D eigenvalue weighted by atomic mass is 79.9. The van der Waals surface area contributed by atoms with Gasteiger partial charge in [-0.15, -0.1) is 0 Å². The summed E-state index contributed by atoms with van der Waals surface area (Å²) in [6.07, 6.45) is 0. The van der Waals surface area contributed by atoms with Crippen molar-refractivity contribution in [2.75, 3.05) is 0 Å². The molecule has 0 N–H and O–H groups in total. The fourth-order valence-corrected chi connectivity index (χ4v) is 2.74.